The molecule has 1 aliphatic heterocycles. The van der Waals surface area contributed by atoms with Crippen molar-refractivity contribution >= 4 is 39.0 Å². The topological polar surface area (TPSA) is 54.2 Å². The number of hydrogen-bond donors (Lipinski definition) is 2. The van der Waals surface area contributed by atoms with Crippen LogP contribution in [0.25, 0.3) is 5.65 Å². The first-order valence-corrected chi connectivity index (χ1v) is 9.65. The average molecular weight is 421 g/mol. The standard InChI is InChI=1S/C18H19BrClN5/c19-15-11-21-9-13(12-3-1-2-4-16(12)20)14(15)10-23-18-5-7-22-17-6-8-24-25(17)18/h1-8,13-15,21,23H,9-11H2. The fourth-order valence-corrected chi connectivity index (χ4v) is 4.57. The lowest BCUT2D eigenvalue weighted by molar-refractivity contribution is 0.352. The molecule has 25 heavy (non-hydrogen) atoms. The highest BCUT2D eigenvalue weighted by Crippen LogP contribution is 2.36. The number of piperidine rings is 1. The third kappa shape index (κ3) is 3.38. The second-order valence-corrected chi connectivity index (χ2v) is 7.86. The zero-order valence-corrected chi connectivity index (χ0v) is 15.9. The maximum Gasteiger partial charge on any atom is 0.157 e. The second-order valence-electron chi connectivity index (χ2n) is 6.28. The quantitative estimate of drug-likeness (QED) is 0.634. The Bertz CT molecular complexity index is 867. The van der Waals surface area contributed by atoms with Crippen molar-refractivity contribution in [2.45, 2.75) is 10.7 Å². The number of nitrogens with one attached hydrogen (secondary N) is 2. The number of anilines is 1. The highest BCUT2D eigenvalue weighted by atomic mass is 79.9. The van der Waals surface area contributed by atoms with Gasteiger partial charge < -0.3 is 10.6 Å². The summed E-state index contributed by atoms with van der Waals surface area (Å²) in [5.41, 5.74) is 2.04. The summed E-state index contributed by atoms with van der Waals surface area (Å²) < 4.78 is 1.83. The van der Waals surface area contributed by atoms with Crippen molar-refractivity contribution < 1.29 is 0 Å². The van der Waals surface area contributed by atoms with Gasteiger partial charge in [-0.1, -0.05) is 45.7 Å². The summed E-state index contributed by atoms with van der Waals surface area (Å²) in [6.07, 6.45) is 3.57. The van der Waals surface area contributed by atoms with Crippen LogP contribution in [-0.4, -0.2) is 39.1 Å². The van der Waals surface area contributed by atoms with E-state index in [-0.39, 0.29) is 0 Å². The molecule has 3 heterocycles. The summed E-state index contributed by atoms with van der Waals surface area (Å²) in [4.78, 5) is 4.68. The Morgan fingerprint density at radius 3 is 2.96 bits per heavy atom. The number of rotatable bonds is 4. The lowest BCUT2D eigenvalue weighted by Gasteiger charge is -2.37. The van der Waals surface area contributed by atoms with Gasteiger partial charge in [-0.3, -0.25) is 0 Å². The van der Waals surface area contributed by atoms with Crippen molar-refractivity contribution in [3.8, 4) is 0 Å². The van der Waals surface area contributed by atoms with Crippen LogP contribution in [0.5, 0.6) is 0 Å². The van der Waals surface area contributed by atoms with Crippen molar-refractivity contribution in [2.75, 3.05) is 25.0 Å². The van der Waals surface area contributed by atoms with E-state index >= 15 is 0 Å². The van der Waals surface area contributed by atoms with E-state index in [1.54, 1.807) is 12.4 Å². The minimum atomic E-state index is 0.342. The molecule has 1 saturated heterocycles. The highest BCUT2D eigenvalue weighted by molar-refractivity contribution is 9.09. The molecule has 0 aliphatic carbocycles. The van der Waals surface area contributed by atoms with Gasteiger partial charge in [-0.05, 0) is 23.6 Å². The van der Waals surface area contributed by atoms with E-state index in [1.165, 1.54) is 5.56 Å². The van der Waals surface area contributed by atoms with Crippen molar-refractivity contribution in [1.29, 1.82) is 0 Å². The monoisotopic (exact) mass is 419 g/mol. The van der Waals surface area contributed by atoms with Crippen LogP contribution >= 0.6 is 27.5 Å². The number of nitrogens with zero attached hydrogens (tertiary/aromatic N) is 3. The molecule has 2 aromatic heterocycles. The van der Waals surface area contributed by atoms with Crippen LogP contribution in [0.15, 0.2) is 48.8 Å². The summed E-state index contributed by atoms with van der Waals surface area (Å²) in [6.45, 7) is 2.69. The normalized spacial score (nSPS) is 23.7. The van der Waals surface area contributed by atoms with Gasteiger partial charge in [0.05, 0.1) is 6.20 Å². The molecule has 0 radical (unpaired) electrons. The number of fused-ring (bicyclic) bond motifs is 1. The fourth-order valence-electron chi connectivity index (χ4n) is 3.51. The molecular formula is C18H19BrClN5. The first kappa shape index (κ1) is 16.8. The summed E-state index contributed by atoms with van der Waals surface area (Å²) in [5, 5.41) is 12.2. The molecule has 7 heteroatoms. The van der Waals surface area contributed by atoms with Gasteiger partial charge in [-0.25, -0.2) is 4.98 Å². The number of benzene rings is 1. The van der Waals surface area contributed by atoms with Crippen molar-refractivity contribution in [1.82, 2.24) is 19.9 Å². The van der Waals surface area contributed by atoms with Gasteiger partial charge >= 0.3 is 0 Å². The summed E-state index contributed by atoms with van der Waals surface area (Å²) in [5.74, 6) is 1.69. The molecule has 2 N–H and O–H groups in total. The maximum atomic E-state index is 6.47. The lowest BCUT2D eigenvalue weighted by atomic mass is 9.81. The molecule has 0 saturated carbocycles. The van der Waals surface area contributed by atoms with Crippen LogP contribution in [-0.2, 0) is 0 Å². The zero-order valence-electron chi connectivity index (χ0n) is 13.6. The molecule has 0 bridgehead atoms. The van der Waals surface area contributed by atoms with E-state index in [4.69, 9.17) is 11.6 Å². The predicted molar refractivity (Wildman–Crippen MR) is 105 cm³/mol. The van der Waals surface area contributed by atoms with Crippen LogP contribution in [0, 0.1) is 5.92 Å². The Balaban J connectivity index is 1.58. The summed E-state index contributed by atoms with van der Waals surface area (Å²) >= 11 is 10.3. The predicted octanol–water partition coefficient (Wildman–Crippen LogP) is 3.56. The molecule has 130 valence electrons. The van der Waals surface area contributed by atoms with E-state index in [1.807, 2.05) is 28.8 Å². The van der Waals surface area contributed by atoms with E-state index < -0.39 is 0 Å². The molecule has 0 spiro atoms. The van der Waals surface area contributed by atoms with E-state index in [0.29, 0.717) is 16.7 Å². The third-order valence-electron chi connectivity index (χ3n) is 4.80. The molecule has 4 rings (SSSR count). The van der Waals surface area contributed by atoms with Crippen LogP contribution < -0.4 is 10.6 Å². The van der Waals surface area contributed by atoms with Gasteiger partial charge in [-0.15, -0.1) is 0 Å². The first-order valence-electron chi connectivity index (χ1n) is 8.36. The number of alkyl halides is 1. The van der Waals surface area contributed by atoms with Gasteiger partial charge in [0.25, 0.3) is 0 Å². The molecular weight excluding hydrogens is 402 g/mol. The molecule has 3 aromatic rings. The Labute approximate surface area is 159 Å². The minimum absolute atomic E-state index is 0.342. The molecule has 3 unspecified atom stereocenters. The van der Waals surface area contributed by atoms with Gasteiger partial charge in [0.2, 0.25) is 0 Å². The molecule has 3 atom stereocenters. The Morgan fingerprint density at radius 1 is 1.20 bits per heavy atom. The van der Waals surface area contributed by atoms with E-state index in [2.05, 4.69) is 48.8 Å². The average Bonchev–Trinajstić information content (AvgIpc) is 3.10. The number of aromatic nitrogens is 3. The highest BCUT2D eigenvalue weighted by Gasteiger charge is 2.33. The molecule has 1 fully saturated rings. The van der Waals surface area contributed by atoms with Crippen molar-refractivity contribution in [3.63, 3.8) is 0 Å². The SMILES string of the molecule is Clc1ccccc1C1CNCC(Br)C1CNc1ccnc2ccnn12. The van der Waals surface area contributed by atoms with Crippen LogP contribution in [0.1, 0.15) is 11.5 Å². The lowest BCUT2D eigenvalue weighted by Crippen LogP contribution is -2.45. The Kier molecular flexibility index (Phi) is 4.92. The van der Waals surface area contributed by atoms with E-state index in [9.17, 15) is 0 Å². The Morgan fingerprint density at radius 2 is 2.08 bits per heavy atom. The Hall–Kier alpha value is -1.63. The molecule has 5 nitrogen and oxygen atoms in total. The molecule has 1 aromatic carbocycles. The third-order valence-corrected chi connectivity index (χ3v) is 6.15. The number of hydrogen-bond acceptors (Lipinski definition) is 4. The second kappa shape index (κ2) is 7.32. The van der Waals surface area contributed by atoms with Crippen LogP contribution in [0.2, 0.25) is 5.02 Å². The van der Waals surface area contributed by atoms with Gasteiger partial charge in [-0.2, -0.15) is 9.61 Å². The largest absolute Gasteiger partial charge is 0.370 e. The molecule has 0 amide bonds. The van der Waals surface area contributed by atoms with Gasteiger partial charge in [0.1, 0.15) is 5.82 Å². The van der Waals surface area contributed by atoms with Crippen LogP contribution in [0.3, 0.4) is 0 Å². The maximum absolute atomic E-state index is 6.47. The number of halogens is 2. The zero-order chi connectivity index (χ0) is 17.2. The van der Waals surface area contributed by atoms with Crippen molar-refractivity contribution in [3.05, 3.63) is 59.4 Å². The van der Waals surface area contributed by atoms with Gasteiger partial charge in [0, 0.05) is 47.7 Å². The van der Waals surface area contributed by atoms with Gasteiger partial charge in [0.15, 0.2) is 5.65 Å². The molecule has 1 aliphatic rings. The van der Waals surface area contributed by atoms with E-state index in [0.717, 1.165) is 36.1 Å². The first-order chi connectivity index (χ1) is 12.2. The summed E-state index contributed by atoms with van der Waals surface area (Å²) in [7, 11) is 0. The fraction of sp³-hybridized carbons (Fsp3) is 0.333. The van der Waals surface area contributed by atoms with Crippen LogP contribution in [0.4, 0.5) is 5.82 Å². The smallest absolute Gasteiger partial charge is 0.157 e. The summed E-state index contributed by atoms with van der Waals surface area (Å²) in [6, 6.07) is 12.0. The minimum Gasteiger partial charge on any atom is -0.370 e. The van der Waals surface area contributed by atoms with Crippen molar-refractivity contribution in [2.24, 2.45) is 5.92 Å².